The van der Waals surface area contributed by atoms with E-state index in [9.17, 15) is 4.79 Å². The Hall–Kier alpha value is -1.72. The maximum atomic E-state index is 11.3. The first-order valence-corrected chi connectivity index (χ1v) is 4.35. The van der Waals surface area contributed by atoms with Crippen molar-refractivity contribution < 1.29 is 4.79 Å². The molecule has 1 aromatic rings. The van der Waals surface area contributed by atoms with Crippen LogP contribution in [0.25, 0.3) is 0 Å². The maximum absolute atomic E-state index is 11.3. The standard InChI is InChI=1S/C8H15N5O/c1-5(2)11-8(14)12-7-6(9)4-10-13(7)3/h4-5H,9H2,1-3H3,(H2,11,12,14). The van der Waals surface area contributed by atoms with E-state index in [0.29, 0.717) is 11.5 Å². The molecule has 0 atom stereocenters. The van der Waals surface area contributed by atoms with Crippen molar-refractivity contribution in [2.75, 3.05) is 11.1 Å². The van der Waals surface area contributed by atoms with Crippen molar-refractivity contribution in [2.24, 2.45) is 7.05 Å². The van der Waals surface area contributed by atoms with Gasteiger partial charge in [0.15, 0.2) is 5.82 Å². The van der Waals surface area contributed by atoms with Crippen LogP contribution in [0, 0.1) is 0 Å². The molecule has 0 aromatic carbocycles. The zero-order valence-corrected chi connectivity index (χ0v) is 8.53. The normalized spacial score (nSPS) is 10.3. The molecule has 0 aliphatic carbocycles. The van der Waals surface area contributed by atoms with E-state index in [0.717, 1.165) is 0 Å². The number of hydrogen-bond acceptors (Lipinski definition) is 3. The Balaban J connectivity index is 2.64. The van der Waals surface area contributed by atoms with Crippen molar-refractivity contribution in [1.82, 2.24) is 15.1 Å². The fraction of sp³-hybridized carbons (Fsp3) is 0.500. The number of aryl methyl sites for hydroxylation is 1. The van der Waals surface area contributed by atoms with E-state index in [1.54, 1.807) is 7.05 Å². The number of urea groups is 1. The van der Waals surface area contributed by atoms with Gasteiger partial charge >= 0.3 is 6.03 Å². The molecule has 0 spiro atoms. The molecule has 0 unspecified atom stereocenters. The predicted molar refractivity (Wildman–Crippen MR) is 54.9 cm³/mol. The SMILES string of the molecule is CC(C)NC(=O)Nc1c(N)cnn1C. The van der Waals surface area contributed by atoms with E-state index in [4.69, 9.17) is 5.73 Å². The quantitative estimate of drug-likeness (QED) is 0.646. The summed E-state index contributed by atoms with van der Waals surface area (Å²) in [6.07, 6.45) is 1.49. The number of nitrogen functional groups attached to an aromatic ring is 1. The van der Waals surface area contributed by atoms with Crippen molar-refractivity contribution >= 4 is 17.5 Å². The van der Waals surface area contributed by atoms with Crippen molar-refractivity contribution in [3.8, 4) is 0 Å². The molecular formula is C8H15N5O. The second-order valence-electron chi connectivity index (χ2n) is 3.33. The van der Waals surface area contributed by atoms with Crippen molar-refractivity contribution in [3.63, 3.8) is 0 Å². The van der Waals surface area contributed by atoms with Crippen LogP contribution < -0.4 is 16.4 Å². The van der Waals surface area contributed by atoms with Crippen LogP contribution in [0.3, 0.4) is 0 Å². The first-order valence-electron chi connectivity index (χ1n) is 4.35. The second kappa shape index (κ2) is 3.99. The van der Waals surface area contributed by atoms with E-state index in [1.807, 2.05) is 13.8 Å². The molecule has 6 nitrogen and oxygen atoms in total. The molecule has 1 heterocycles. The lowest BCUT2D eigenvalue weighted by Gasteiger charge is -2.10. The monoisotopic (exact) mass is 197 g/mol. The molecule has 1 aromatic heterocycles. The van der Waals surface area contributed by atoms with Gasteiger partial charge in [0.25, 0.3) is 0 Å². The van der Waals surface area contributed by atoms with Crippen LogP contribution in [-0.2, 0) is 7.05 Å². The number of nitrogens with one attached hydrogen (secondary N) is 2. The van der Waals surface area contributed by atoms with Gasteiger partial charge in [0, 0.05) is 13.1 Å². The zero-order valence-electron chi connectivity index (χ0n) is 8.53. The lowest BCUT2D eigenvalue weighted by molar-refractivity contribution is 0.250. The fourth-order valence-electron chi connectivity index (χ4n) is 1.01. The van der Waals surface area contributed by atoms with Gasteiger partial charge < -0.3 is 11.1 Å². The minimum Gasteiger partial charge on any atom is -0.394 e. The molecule has 0 fully saturated rings. The van der Waals surface area contributed by atoms with Crippen LogP contribution in [0.1, 0.15) is 13.8 Å². The van der Waals surface area contributed by atoms with Crippen LogP contribution in [0.15, 0.2) is 6.20 Å². The molecule has 0 bridgehead atoms. The number of carbonyl (C=O) groups excluding carboxylic acids is 1. The number of aromatic nitrogens is 2. The summed E-state index contributed by atoms with van der Waals surface area (Å²) in [5.74, 6) is 0.503. The van der Waals surface area contributed by atoms with E-state index in [2.05, 4.69) is 15.7 Å². The molecule has 14 heavy (non-hydrogen) atoms. The van der Waals surface area contributed by atoms with Gasteiger partial charge in [-0.05, 0) is 13.8 Å². The topological polar surface area (TPSA) is 85.0 Å². The molecule has 4 N–H and O–H groups in total. The van der Waals surface area contributed by atoms with E-state index >= 15 is 0 Å². The molecule has 2 amide bonds. The summed E-state index contributed by atoms with van der Waals surface area (Å²) in [5.41, 5.74) is 6.05. The highest BCUT2D eigenvalue weighted by molar-refractivity contribution is 5.91. The summed E-state index contributed by atoms with van der Waals surface area (Å²) < 4.78 is 1.51. The van der Waals surface area contributed by atoms with E-state index < -0.39 is 0 Å². The van der Waals surface area contributed by atoms with Gasteiger partial charge in [-0.1, -0.05) is 0 Å². The molecular weight excluding hydrogens is 182 g/mol. The fourth-order valence-corrected chi connectivity index (χ4v) is 1.01. The minimum atomic E-state index is -0.282. The summed E-state index contributed by atoms with van der Waals surface area (Å²) in [6.45, 7) is 3.76. The Kier molecular flexibility index (Phi) is 2.95. The smallest absolute Gasteiger partial charge is 0.320 e. The molecule has 0 saturated carbocycles. The molecule has 0 aliphatic rings. The van der Waals surface area contributed by atoms with Crippen molar-refractivity contribution in [1.29, 1.82) is 0 Å². The van der Waals surface area contributed by atoms with Crippen LogP contribution in [-0.4, -0.2) is 21.9 Å². The average molecular weight is 197 g/mol. The third kappa shape index (κ3) is 2.38. The van der Waals surface area contributed by atoms with Crippen LogP contribution in [0.4, 0.5) is 16.3 Å². The number of nitrogens with zero attached hydrogens (tertiary/aromatic N) is 2. The Bertz CT molecular complexity index is 311. The first-order chi connectivity index (χ1) is 6.50. The maximum Gasteiger partial charge on any atom is 0.320 e. The zero-order chi connectivity index (χ0) is 10.7. The largest absolute Gasteiger partial charge is 0.394 e. The second-order valence-corrected chi connectivity index (χ2v) is 3.33. The predicted octanol–water partition coefficient (Wildman–Crippen LogP) is 0.532. The van der Waals surface area contributed by atoms with Gasteiger partial charge in [-0.25, -0.2) is 4.79 Å². The van der Waals surface area contributed by atoms with E-state index in [-0.39, 0.29) is 12.1 Å². The van der Waals surface area contributed by atoms with Crippen molar-refractivity contribution in [3.05, 3.63) is 6.20 Å². The van der Waals surface area contributed by atoms with Crippen LogP contribution in [0.2, 0.25) is 0 Å². The van der Waals surface area contributed by atoms with Crippen LogP contribution >= 0.6 is 0 Å². The molecule has 78 valence electrons. The van der Waals surface area contributed by atoms with Gasteiger partial charge in [0.1, 0.15) is 0 Å². The minimum absolute atomic E-state index is 0.0875. The number of carbonyl (C=O) groups is 1. The summed E-state index contributed by atoms with van der Waals surface area (Å²) in [6, 6.07) is -0.195. The highest BCUT2D eigenvalue weighted by Gasteiger charge is 2.09. The van der Waals surface area contributed by atoms with Crippen molar-refractivity contribution in [2.45, 2.75) is 19.9 Å². The van der Waals surface area contributed by atoms with E-state index in [1.165, 1.54) is 10.9 Å². The average Bonchev–Trinajstić information content (AvgIpc) is 2.34. The highest BCUT2D eigenvalue weighted by Crippen LogP contribution is 2.15. The Morgan fingerprint density at radius 1 is 1.64 bits per heavy atom. The number of nitrogens with two attached hydrogens (primary N) is 1. The lowest BCUT2D eigenvalue weighted by Crippen LogP contribution is -2.34. The number of hydrogen-bond donors (Lipinski definition) is 3. The van der Waals surface area contributed by atoms with Gasteiger partial charge in [0.05, 0.1) is 11.9 Å². The van der Waals surface area contributed by atoms with Gasteiger partial charge in [0.2, 0.25) is 0 Å². The molecule has 6 heteroatoms. The number of amides is 2. The Morgan fingerprint density at radius 3 is 2.71 bits per heavy atom. The first kappa shape index (κ1) is 10.4. The highest BCUT2D eigenvalue weighted by atomic mass is 16.2. The Morgan fingerprint density at radius 2 is 2.29 bits per heavy atom. The Labute approximate surface area is 82.5 Å². The van der Waals surface area contributed by atoms with Gasteiger partial charge in [-0.15, -0.1) is 0 Å². The summed E-state index contributed by atoms with van der Waals surface area (Å²) in [5, 5.41) is 9.20. The summed E-state index contributed by atoms with van der Waals surface area (Å²) >= 11 is 0. The lowest BCUT2D eigenvalue weighted by atomic mass is 10.4. The summed E-state index contributed by atoms with van der Waals surface area (Å²) in [7, 11) is 1.71. The third-order valence-corrected chi connectivity index (χ3v) is 1.62. The number of anilines is 2. The van der Waals surface area contributed by atoms with Gasteiger partial charge in [-0.2, -0.15) is 5.10 Å². The molecule has 0 radical (unpaired) electrons. The third-order valence-electron chi connectivity index (χ3n) is 1.62. The summed E-state index contributed by atoms with van der Waals surface area (Å²) in [4.78, 5) is 11.3. The number of rotatable bonds is 2. The van der Waals surface area contributed by atoms with Gasteiger partial charge in [-0.3, -0.25) is 10.00 Å². The molecule has 0 aliphatic heterocycles. The molecule has 1 rings (SSSR count). The van der Waals surface area contributed by atoms with Crippen LogP contribution in [0.5, 0.6) is 0 Å². The molecule has 0 saturated heterocycles.